The molecule has 0 aliphatic rings. The molecule has 4 heteroatoms. The van der Waals surface area contributed by atoms with Crippen molar-refractivity contribution in [2.75, 3.05) is 0 Å². The lowest BCUT2D eigenvalue weighted by atomic mass is 9.90. The summed E-state index contributed by atoms with van der Waals surface area (Å²) >= 11 is 0. The van der Waals surface area contributed by atoms with Crippen molar-refractivity contribution in [2.45, 2.75) is 52.5 Å². The first-order valence-electron chi connectivity index (χ1n) is 7.31. The molecule has 1 aromatic carbocycles. The minimum atomic E-state index is -0.169. The molecule has 4 nitrogen and oxygen atoms in total. The van der Waals surface area contributed by atoms with Gasteiger partial charge in [-0.2, -0.15) is 0 Å². The predicted molar refractivity (Wildman–Crippen MR) is 83.7 cm³/mol. The molecular formula is C17H23N3O. The lowest BCUT2D eigenvalue weighted by Gasteiger charge is -2.20. The number of hydrogen-bond acceptors (Lipinski definition) is 3. The molecule has 2 rings (SSSR count). The van der Waals surface area contributed by atoms with Crippen molar-refractivity contribution in [3.8, 4) is 0 Å². The normalized spacial score (nSPS) is 11.9. The van der Waals surface area contributed by atoms with E-state index in [1.807, 2.05) is 4.68 Å². The maximum atomic E-state index is 11.1. The number of rotatable bonds is 4. The Morgan fingerprint density at radius 3 is 2.29 bits per heavy atom. The molecule has 0 aliphatic heterocycles. The summed E-state index contributed by atoms with van der Waals surface area (Å²) in [5.74, 6) is 0.525. The van der Waals surface area contributed by atoms with Gasteiger partial charge in [0.05, 0.1) is 12.2 Å². The lowest BCUT2D eigenvalue weighted by molar-refractivity contribution is 0.111. The first-order valence-corrected chi connectivity index (χ1v) is 7.31. The van der Waals surface area contributed by atoms with E-state index in [1.165, 1.54) is 5.56 Å². The third kappa shape index (κ3) is 3.38. The molecule has 0 amide bonds. The fraction of sp³-hybridized carbons (Fsp3) is 0.471. The van der Waals surface area contributed by atoms with E-state index >= 15 is 0 Å². The van der Waals surface area contributed by atoms with Crippen LogP contribution in [0, 0.1) is 0 Å². The van der Waals surface area contributed by atoms with Crippen molar-refractivity contribution in [1.29, 1.82) is 0 Å². The van der Waals surface area contributed by atoms with Gasteiger partial charge in [0.1, 0.15) is 5.69 Å². The first kappa shape index (κ1) is 15.4. The minimum Gasteiger partial charge on any atom is -0.296 e. The standard InChI is InChI=1S/C17H23N3O/c1-12(2)14-8-6-13(7-9-14)10-20-16(17(3,4)5)15(11-21)18-19-20/h6-9,11-12H,10H2,1-5H3. The highest BCUT2D eigenvalue weighted by Crippen LogP contribution is 2.24. The summed E-state index contributed by atoms with van der Waals surface area (Å²) < 4.78 is 1.83. The maximum absolute atomic E-state index is 11.1. The summed E-state index contributed by atoms with van der Waals surface area (Å²) in [5, 5.41) is 8.13. The van der Waals surface area contributed by atoms with Gasteiger partial charge in [-0.1, -0.05) is 64.1 Å². The second kappa shape index (κ2) is 5.80. The van der Waals surface area contributed by atoms with Gasteiger partial charge in [-0.05, 0) is 17.0 Å². The molecular weight excluding hydrogens is 262 g/mol. The van der Waals surface area contributed by atoms with Crippen molar-refractivity contribution in [2.24, 2.45) is 0 Å². The van der Waals surface area contributed by atoms with Gasteiger partial charge in [0.15, 0.2) is 6.29 Å². The van der Waals surface area contributed by atoms with Crippen molar-refractivity contribution in [1.82, 2.24) is 15.0 Å². The third-order valence-electron chi connectivity index (χ3n) is 3.56. The van der Waals surface area contributed by atoms with Crippen LogP contribution in [0.2, 0.25) is 0 Å². The maximum Gasteiger partial charge on any atom is 0.172 e. The molecule has 0 atom stereocenters. The Morgan fingerprint density at radius 2 is 1.81 bits per heavy atom. The molecule has 1 aromatic heterocycles. The van der Waals surface area contributed by atoms with Gasteiger partial charge in [-0.3, -0.25) is 4.79 Å². The molecule has 112 valence electrons. The number of aldehydes is 1. The molecule has 21 heavy (non-hydrogen) atoms. The van der Waals surface area contributed by atoms with Gasteiger partial charge < -0.3 is 0 Å². The molecule has 2 aromatic rings. The minimum absolute atomic E-state index is 0.169. The zero-order valence-corrected chi connectivity index (χ0v) is 13.4. The SMILES string of the molecule is CC(C)c1ccc(Cn2nnc(C=O)c2C(C)(C)C)cc1. The second-order valence-electron chi connectivity index (χ2n) is 6.75. The number of aromatic nitrogens is 3. The van der Waals surface area contributed by atoms with Gasteiger partial charge in [-0.15, -0.1) is 5.10 Å². The molecule has 1 heterocycles. The highest BCUT2D eigenvalue weighted by atomic mass is 16.1. The fourth-order valence-electron chi connectivity index (χ4n) is 2.47. The Balaban J connectivity index is 2.31. The Kier molecular flexibility index (Phi) is 4.26. The van der Waals surface area contributed by atoms with Crippen LogP contribution in [-0.2, 0) is 12.0 Å². The number of hydrogen-bond donors (Lipinski definition) is 0. The largest absolute Gasteiger partial charge is 0.296 e. The van der Waals surface area contributed by atoms with Gasteiger partial charge in [0, 0.05) is 5.41 Å². The van der Waals surface area contributed by atoms with Crippen molar-refractivity contribution in [3.63, 3.8) is 0 Å². The van der Waals surface area contributed by atoms with E-state index < -0.39 is 0 Å². The predicted octanol–water partition coefficient (Wildman–Crippen LogP) is 3.56. The van der Waals surface area contributed by atoms with Crippen LogP contribution in [0.3, 0.4) is 0 Å². The van der Waals surface area contributed by atoms with Crippen molar-refractivity contribution < 1.29 is 4.79 Å². The molecule has 0 bridgehead atoms. The van der Waals surface area contributed by atoms with Crippen LogP contribution in [0.1, 0.15) is 67.8 Å². The Labute approximate surface area is 126 Å². The molecule has 0 saturated heterocycles. The fourth-order valence-corrected chi connectivity index (χ4v) is 2.47. The monoisotopic (exact) mass is 285 g/mol. The van der Waals surface area contributed by atoms with Gasteiger partial charge >= 0.3 is 0 Å². The van der Waals surface area contributed by atoms with E-state index in [4.69, 9.17) is 0 Å². The van der Waals surface area contributed by atoms with E-state index in [1.54, 1.807) is 0 Å². The Morgan fingerprint density at radius 1 is 1.19 bits per heavy atom. The number of carbonyl (C=O) groups excluding carboxylic acids is 1. The molecule has 0 spiro atoms. The summed E-state index contributed by atoms with van der Waals surface area (Å²) in [6.45, 7) is 11.2. The smallest absolute Gasteiger partial charge is 0.172 e. The summed E-state index contributed by atoms with van der Waals surface area (Å²) in [7, 11) is 0. The topological polar surface area (TPSA) is 47.8 Å². The highest BCUT2D eigenvalue weighted by Gasteiger charge is 2.25. The summed E-state index contributed by atoms with van der Waals surface area (Å²) in [6, 6.07) is 8.52. The van der Waals surface area contributed by atoms with Crippen LogP contribution in [0.25, 0.3) is 0 Å². The van der Waals surface area contributed by atoms with Gasteiger partial charge in [0.25, 0.3) is 0 Å². The van der Waals surface area contributed by atoms with Crippen LogP contribution in [0.15, 0.2) is 24.3 Å². The molecule has 0 fully saturated rings. The van der Waals surface area contributed by atoms with Crippen LogP contribution >= 0.6 is 0 Å². The highest BCUT2D eigenvalue weighted by molar-refractivity contribution is 5.73. The summed E-state index contributed by atoms with van der Waals surface area (Å²) in [4.78, 5) is 11.1. The molecule has 0 radical (unpaired) electrons. The van der Waals surface area contributed by atoms with E-state index in [0.717, 1.165) is 17.5 Å². The van der Waals surface area contributed by atoms with E-state index in [9.17, 15) is 4.79 Å². The Bertz CT molecular complexity index is 618. The van der Waals surface area contributed by atoms with Crippen molar-refractivity contribution in [3.05, 3.63) is 46.8 Å². The average Bonchev–Trinajstić information content (AvgIpc) is 2.82. The number of carbonyl (C=O) groups is 1. The summed E-state index contributed by atoms with van der Waals surface area (Å²) in [6.07, 6.45) is 0.784. The number of nitrogens with zero attached hydrogens (tertiary/aromatic N) is 3. The number of benzene rings is 1. The lowest BCUT2D eigenvalue weighted by Crippen LogP contribution is -2.20. The molecule has 0 unspecified atom stereocenters. The zero-order valence-electron chi connectivity index (χ0n) is 13.4. The van der Waals surface area contributed by atoms with Gasteiger partial charge in [-0.25, -0.2) is 4.68 Å². The van der Waals surface area contributed by atoms with Crippen LogP contribution in [0.4, 0.5) is 0 Å². The zero-order chi connectivity index (χ0) is 15.6. The first-order chi connectivity index (χ1) is 9.82. The quantitative estimate of drug-likeness (QED) is 0.807. The Hall–Kier alpha value is -1.97. The van der Waals surface area contributed by atoms with Crippen LogP contribution < -0.4 is 0 Å². The van der Waals surface area contributed by atoms with E-state index in [0.29, 0.717) is 18.2 Å². The summed E-state index contributed by atoms with van der Waals surface area (Å²) in [5.41, 5.74) is 3.62. The molecule has 0 saturated carbocycles. The van der Waals surface area contributed by atoms with Crippen LogP contribution in [-0.4, -0.2) is 21.3 Å². The van der Waals surface area contributed by atoms with Crippen LogP contribution in [0.5, 0.6) is 0 Å². The second-order valence-corrected chi connectivity index (χ2v) is 6.75. The van der Waals surface area contributed by atoms with E-state index in [2.05, 4.69) is 69.2 Å². The molecule has 0 N–H and O–H groups in total. The van der Waals surface area contributed by atoms with E-state index in [-0.39, 0.29) is 5.41 Å². The van der Waals surface area contributed by atoms with Gasteiger partial charge in [0.2, 0.25) is 0 Å². The van der Waals surface area contributed by atoms with Crippen molar-refractivity contribution >= 4 is 6.29 Å². The third-order valence-corrected chi connectivity index (χ3v) is 3.56. The molecule has 0 aliphatic carbocycles. The average molecular weight is 285 g/mol.